The van der Waals surface area contributed by atoms with Crippen molar-refractivity contribution in [3.05, 3.63) is 50.9 Å². The van der Waals surface area contributed by atoms with Crippen molar-refractivity contribution in [1.29, 1.82) is 0 Å². The van der Waals surface area contributed by atoms with Crippen molar-refractivity contribution in [2.45, 2.75) is 19.9 Å². The fourth-order valence-corrected chi connectivity index (χ4v) is 2.45. The quantitative estimate of drug-likeness (QED) is 0.839. The molecule has 0 radical (unpaired) electrons. The number of thiazole rings is 1. The molecule has 1 heterocycles. The van der Waals surface area contributed by atoms with E-state index in [0.29, 0.717) is 0 Å². The van der Waals surface area contributed by atoms with Gasteiger partial charge in [-0.05, 0) is 24.6 Å². The molecule has 90 valence electrons. The summed E-state index contributed by atoms with van der Waals surface area (Å²) in [6.07, 6.45) is 0.992. The van der Waals surface area contributed by atoms with E-state index in [2.05, 4.69) is 15.7 Å². The number of nitrogens with zero attached hydrogens (tertiary/aromatic N) is 1. The molecule has 0 fully saturated rings. The fourth-order valence-electron chi connectivity index (χ4n) is 1.55. The molecule has 0 saturated carbocycles. The molecule has 1 N–H and O–H groups in total. The van der Waals surface area contributed by atoms with E-state index in [4.69, 9.17) is 11.6 Å². The molecule has 0 atom stereocenters. The predicted molar refractivity (Wildman–Crippen MR) is 73.7 cm³/mol. The molecular formula is C13H15ClN2S. The van der Waals surface area contributed by atoms with E-state index in [1.54, 1.807) is 11.3 Å². The van der Waals surface area contributed by atoms with Crippen LogP contribution in [0, 0.1) is 6.92 Å². The van der Waals surface area contributed by atoms with Crippen molar-refractivity contribution in [1.82, 2.24) is 10.3 Å². The van der Waals surface area contributed by atoms with Gasteiger partial charge < -0.3 is 5.32 Å². The highest BCUT2D eigenvalue weighted by molar-refractivity contribution is 7.09. The molecule has 2 rings (SSSR count). The summed E-state index contributed by atoms with van der Waals surface area (Å²) >= 11 is 7.56. The van der Waals surface area contributed by atoms with Gasteiger partial charge in [0.15, 0.2) is 0 Å². The van der Waals surface area contributed by atoms with Gasteiger partial charge >= 0.3 is 0 Å². The van der Waals surface area contributed by atoms with Crippen molar-refractivity contribution in [3.8, 4) is 0 Å². The van der Waals surface area contributed by atoms with Crippen LogP contribution in [0.25, 0.3) is 0 Å². The summed E-state index contributed by atoms with van der Waals surface area (Å²) in [5.74, 6) is 0. The van der Waals surface area contributed by atoms with Crippen LogP contribution in [0.1, 0.15) is 16.3 Å². The van der Waals surface area contributed by atoms with Gasteiger partial charge in [0.05, 0.1) is 5.01 Å². The topological polar surface area (TPSA) is 24.9 Å². The molecule has 0 aliphatic rings. The van der Waals surface area contributed by atoms with Crippen LogP contribution < -0.4 is 5.32 Å². The molecule has 1 aromatic heterocycles. The first-order valence-corrected chi connectivity index (χ1v) is 6.86. The number of hydrogen-bond acceptors (Lipinski definition) is 3. The zero-order chi connectivity index (χ0) is 12.1. The molecule has 0 unspecified atom stereocenters. The summed E-state index contributed by atoms with van der Waals surface area (Å²) < 4.78 is 0. The highest BCUT2D eigenvalue weighted by Gasteiger charge is 1.98. The number of rotatable bonds is 5. The monoisotopic (exact) mass is 266 g/mol. The fraction of sp³-hybridized carbons (Fsp3) is 0.308. The SMILES string of the molecule is Cc1csc(CCNCc2ccc(Cl)cc2)n1. The van der Waals surface area contributed by atoms with E-state index in [1.807, 2.05) is 31.2 Å². The molecule has 0 amide bonds. The molecule has 1 aromatic carbocycles. The highest BCUT2D eigenvalue weighted by Crippen LogP contribution is 2.10. The molecule has 0 aliphatic carbocycles. The third-order valence-corrected chi connectivity index (χ3v) is 3.70. The second-order valence-electron chi connectivity index (χ2n) is 3.94. The summed E-state index contributed by atoms with van der Waals surface area (Å²) in [5.41, 5.74) is 2.37. The van der Waals surface area contributed by atoms with Crippen molar-refractivity contribution in [3.63, 3.8) is 0 Å². The molecule has 0 aliphatic heterocycles. The largest absolute Gasteiger partial charge is 0.312 e. The van der Waals surface area contributed by atoms with Crippen molar-refractivity contribution in [2.75, 3.05) is 6.54 Å². The lowest BCUT2D eigenvalue weighted by Gasteiger charge is -2.03. The second-order valence-corrected chi connectivity index (χ2v) is 5.31. The van der Waals surface area contributed by atoms with Crippen molar-refractivity contribution >= 4 is 22.9 Å². The maximum Gasteiger partial charge on any atom is 0.0940 e. The average Bonchev–Trinajstić information content (AvgIpc) is 2.73. The van der Waals surface area contributed by atoms with Crippen LogP contribution in [0.3, 0.4) is 0 Å². The molecule has 0 bridgehead atoms. The standard InChI is InChI=1S/C13H15ClN2S/c1-10-9-17-13(16-10)6-7-15-8-11-2-4-12(14)5-3-11/h2-5,9,15H,6-8H2,1H3. The lowest BCUT2D eigenvalue weighted by molar-refractivity contribution is 0.685. The summed E-state index contributed by atoms with van der Waals surface area (Å²) in [7, 11) is 0. The second kappa shape index (κ2) is 6.15. The van der Waals surface area contributed by atoms with Crippen LogP contribution in [0.15, 0.2) is 29.6 Å². The molecule has 0 spiro atoms. The Hall–Kier alpha value is -0.900. The summed E-state index contributed by atoms with van der Waals surface area (Å²) in [5, 5.41) is 7.48. The number of benzene rings is 1. The number of aryl methyl sites for hydroxylation is 1. The Bertz CT molecular complexity index is 465. The Morgan fingerprint density at radius 3 is 2.71 bits per heavy atom. The number of hydrogen-bond donors (Lipinski definition) is 1. The van der Waals surface area contributed by atoms with Crippen LogP contribution in [0.4, 0.5) is 0 Å². The lowest BCUT2D eigenvalue weighted by Crippen LogP contribution is -2.16. The van der Waals surface area contributed by atoms with Crippen molar-refractivity contribution < 1.29 is 0 Å². The molecule has 17 heavy (non-hydrogen) atoms. The molecule has 2 aromatic rings. The Balaban J connectivity index is 1.71. The van der Waals surface area contributed by atoms with Crippen LogP contribution in [-0.4, -0.2) is 11.5 Å². The van der Waals surface area contributed by atoms with Gasteiger partial charge in [-0.2, -0.15) is 0 Å². The Labute approximate surface area is 111 Å². The number of halogens is 1. The van der Waals surface area contributed by atoms with E-state index in [1.165, 1.54) is 10.6 Å². The van der Waals surface area contributed by atoms with Crippen LogP contribution in [-0.2, 0) is 13.0 Å². The number of aromatic nitrogens is 1. The third-order valence-electron chi connectivity index (χ3n) is 2.42. The minimum absolute atomic E-state index is 0.784. The van der Waals surface area contributed by atoms with Gasteiger partial charge in [0.2, 0.25) is 0 Å². The minimum atomic E-state index is 0.784. The van der Waals surface area contributed by atoms with E-state index >= 15 is 0 Å². The van der Waals surface area contributed by atoms with Gasteiger partial charge in [-0.3, -0.25) is 0 Å². The average molecular weight is 267 g/mol. The summed E-state index contributed by atoms with van der Waals surface area (Å²) in [4.78, 5) is 4.43. The molecule has 4 heteroatoms. The van der Waals surface area contributed by atoms with Gasteiger partial charge in [-0.25, -0.2) is 4.98 Å². The minimum Gasteiger partial charge on any atom is -0.312 e. The Kier molecular flexibility index (Phi) is 4.54. The summed E-state index contributed by atoms with van der Waals surface area (Å²) in [6, 6.07) is 7.93. The molecule has 0 saturated heterocycles. The Morgan fingerprint density at radius 2 is 2.06 bits per heavy atom. The van der Waals surface area contributed by atoms with E-state index in [9.17, 15) is 0 Å². The van der Waals surface area contributed by atoms with E-state index in [-0.39, 0.29) is 0 Å². The summed E-state index contributed by atoms with van der Waals surface area (Å²) in [6.45, 7) is 3.86. The molecule has 2 nitrogen and oxygen atoms in total. The first-order chi connectivity index (χ1) is 8.24. The first kappa shape index (κ1) is 12.6. The zero-order valence-electron chi connectivity index (χ0n) is 9.74. The van der Waals surface area contributed by atoms with Crippen LogP contribution in [0.2, 0.25) is 5.02 Å². The van der Waals surface area contributed by atoms with Crippen LogP contribution in [0.5, 0.6) is 0 Å². The lowest BCUT2D eigenvalue weighted by atomic mass is 10.2. The van der Waals surface area contributed by atoms with Gasteiger partial charge in [0, 0.05) is 35.6 Å². The van der Waals surface area contributed by atoms with Gasteiger partial charge in [0.25, 0.3) is 0 Å². The van der Waals surface area contributed by atoms with Crippen molar-refractivity contribution in [2.24, 2.45) is 0 Å². The van der Waals surface area contributed by atoms with Gasteiger partial charge in [-0.1, -0.05) is 23.7 Å². The zero-order valence-corrected chi connectivity index (χ0v) is 11.3. The number of nitrogens with one attached hydrogen (secondary N) is 1. The first-order valence-electron chi connectivity index (χ1n) is 5.60. The third kappa shape index (κ3) is 4.11. The predicted octanol–water partition coefficient (Wildman–Crippen LogP) is 3.44. The van der Waals surface area contributed by atoms with Gasteiger partial charge in [0.1, 0.15) is 0 Å². The maximum atomic E-state index is 5.83. The van der Waals surface area contributed by atoms with E-state index < -0.39 is 0 Å². The van der Waals surface area contributed by atoms with E-state index in [0.717, 1.165) is 30.2 Å². The highest BCUT2D eigenvalue weighted by atomic mass is 35.5. The smallest absolute Gasteiger partial charge is 0.0940 e. The normalized spacial score (nSPS) is 10.7. The maximum absolute atomic E-state index is 5.83. The van der Waals surface area contributed by atoms with Crippen LogP contribution >= 0.6 is 22.9 Å². The molecular weight excluding hydrogens is 252 g/mol. The Morgan fingerprint density at radius 1 is 1.29 bits per heavy atom. The van der Waals surface area contributed by atoms with Gasteiger partial charge in [-0.15, -0.1) is 11.3 Å².